The van der Waals surface area contributed by atoms with Crippen molar-refractivity contribution in [3.05, 3.63) is 88.0 Å². The zero-order chi connectivity index (χ0) is 26.7. The number of fused-ring (bicyclic) bond motifs is 2. The van der Waals surface area contributed by atoms with Gasteiger partial charge in [-0.1, -0.05) is 0 Å². The molecule has 2 N–H and O–H groups in total. The van der Waals surface area contributed by atoms with Crippen molar-refractivity contribution in [2.24, 2.45) is 14.1 Å². The number of nitrogens with zero attached hydrogens (tertiary/aromatic N) is 6. The van der Waals surface area contributed by atoms with Crippen LogP contribution in [0.1, 0.15) is 21.6 Å². The molecule has 0 fully saturated rings. The number of anilines is 1. The third-order valence-electron chi connectivity index (χ3n) is 6.52. The van der Waals surface area contributed by atoms with Gasteiger partial charge in [0.1, 0.15) is 22.9 Å². The van der Waals surface area contributed by atoms with Crippen molar-refractivity contribution in [1.29, 1.82) is 0 Å². The van der Waals surface area contributed by atoms with Crippen molar-refractivity contribution >= 4 is 33.8 Å². The van der Waals surface area contributed by atoms with Crippen LogP contribution in [0.3, 0.4) is 0 Å². The van der Waals surface area contributed by atoms with Gasteiger partial charge in [-0.3, -0.25) is 18.8 Å². The second-order valence-electron chi connectivity index (χ2n) is 9.26. The van der Waals surface area contributed by atoms with Crippen molar-refractivity contribution in [3.8, 4) is 17.1 Å². The Morgan fingerprint density at radius 1 is 1.11 bits per heavy atom. The highest BCUT2D eigenvalue weighted by Gasteiger charge is 2.23. The van der Waals surface area contributed by atoms with E-state index in [1.165, 1.54) is 16.7 Å². The molecule has 0 radical (unpaired) electrons. The fourth-order valence-electron chi connectivity index (χ4n) is 4.88. The van der Waals surface area contributed by atoms with Gasteiger partial charge in [-0.15, -0.1) is 0 Å². The topological polar surface area (TPSA) is 115 Å². The highest BCUT2D eigenvalue weighted by Crippen LogP contribution is 2.34. The lowest BCUT2D eigenvalue weighted by molar-refractivity contribution is 0.102. The summed E-state index contributed by atoms with van der Waals surface area (Å²) in [6.45, 7) is 3.67. The molecule has 0 spiro atoms. The number of benzene rings is 1. The SMILES string of the molecule is Cc1cc(F)cc(C)c1-n1c(-c2cn(C)c(=O)c3[nH]c(C(=O)Nc4ccn(C)n4)cc23)nc2ncccc21. The number of rotatable bonds is 4. The number of carbonyl (C=O) groups excluding carboxylic acids is 1. The van der Waals surface area contributed by atoms with Crippen LogP contribution < -0.4 is 10.9 Å². The van der Waals surface area contributed by atoms with Crippen LogP contribution in [0.4, 0.5) is 10.2 Å². The van der Waals surface area contributed by atoms with Crippen molar-refractivity contribution in [2.45, 2.75) is 13.8 Å². The van der Waals surface area contributed by atoms with Crippen LogP contribution in [-0.2, 0) is 14.1 Å². The van der Waals surface area contributed by atoms with E-state index in [9.17, 15) is 14.0 Å². The summed E-state index contributed by atoms with van der Waals surface area (Å²) >= 11 is 0. The van der Waals surface area contributed by atoms with Crippen LogP contribution in [0, 0.1) is 19.7 Å². The van der Waals surface area contributed by atoms with Crippen LogP contribution in [0.15, 0.2) is 59.8 Å². The largest absolute Gasteiger partial charge is 0.346 e. The van der Waals surface area contributed by atoms with E-state index in [1.54, 1.807) is 49.5 Å². The Bertz CT molecular complexity index is 1940. The number of H-pyrrole nitrogens is 1. The number of aryl methyl sites for hydroxylation is 4. The van der Waals surface area contributed by atoms with Crippen LogP contribution in [-0.4, -0.2) is 39.8 Å². The fourth-order valence-corrected chi connectivity index (χ4v) is 4.88. The average molecular weight is 511 g/mol. The lowest BCUT2D eigenvalue weighted by atomic mass is 10.1. The minimum Gasteiger partial charge on any atom is -0.346 e. The maximum Gasteiger partial charge on any atom is 0.274 e. The number of carbonyl (C=O) groups is 1. The number of amides is 1. The monoisotopic (exact) mass is 510 g/mol. The molecule has 10 nitrogen and oxygen atoms in total. The summed E-state index contributed by atoms with van der Waals surface area (Å²) in [7, 11) is 3.39. The zero-order valence-electron chi connectivity index (χ0n) is 21.1. The zero-order valence-corrected chi connectivity index (χ0v) is 21.1. The first-order valence-corrected chi connectivity index (χ1v) is 11.9. The van der Waals surface area contributed by atoms with E-state index in [1.807, 2.05) is 30.5 Å². The van der Waals surface area contributed by atoms with Gasteiger partial charge in [-0.2, -0.15) is 5.10 Å². The summed E-state index contributed by atoms with van der Waals surface area (Å²) in [5, 5.41) is 7.43. The lowest BCUT2D eigenvalue weighted by Gasteiger charge is -2.16. The number of pyridine rings is 2. The predicted molar refractivity (Wildman–Crippen MR) is 142 cm³/mol. The number of aromatic nitrogens is 7. The number of hydrogen-bond acceptors (Lipinski definition) is 5. The number of hydrogen-bond donors (Lipinski definition) is 2. The van der Waals surface area contributed by atoms with E-state index in [-0.39, 0.29) is 22.6 Å². The molecule has 1 amide bonds. The molecule has 0 aliphatic carbocycles. The number of aromatic amines is 1. The summed E-state index contributed by atoms with van der Waals surface area (Å²) in [5.41, 5.74) is 4.20. The standard InChI is InChI=1S/C27H23FN8O2/c1-14-10-16(28)11-15(2)23(14)36-20-6-5-8-29-24(20)32-25(36)18-13-34(3)27(38)22-17(18)12-19(30-22)26(37)31-21-7-9-35(4)33-21/h5-13,30H,1-4H3,(H,31,33,37). The molecule has 0 saturated heterocycles. The van der Waals surface area contributed by atoms with Gasteiger partial charge in [0.25, 0.3) is 11.5 Å². The Morgan fingerprint density at radius 2 is 1.87 bits per heavy atom. The fraction of sp³-hybridized carbons (Fsp3) is 0.148. The molecule has 6 rings (SSSR count). The molecule has 0 saturated carbocycles. The Kier molecular flexibility index (Phi) is 5.23. The second kappa shape index (κ2) is 8.51. The van der Waals surface area contributed by atoms with Crippen molar-refractivity contribution in [2.75, 3.05) is 5.32 Å². The molecule has 0 unspecified atom stereocenters. The second-order valence-corrected chi connectivity index (χ2v) is 9.26. The van der Waals surface area contributed by atoms with Crippen LogP contribution in [0.25, 0.3) is 39.1 Å². The molecular weight excluding hydrogens is 487 g/mol. The molecule has 5 aromatic heterocycles. The normalized spacial score (nSPS) is 11.5. The summed E-state index contributed by atoms with van der Waals surface area (Å²) in [4.78, 5) is 38.4. The summed E-state index contributed by atoms with van der Waals surface area (Å²) in [6, 6.07) is 9.95. The van der Waals surface area contributed by atoms with Crippen molar-refractivity contribution in [3.63, 3.8) is 0 Å². The third kappa shape index (κ3) is 3.67. The Labute approximate surface area is 215 Å². The quantitative estimate of drug-likeness (QED) is 0.372. The number of imidazole rings is 1. The summed E-state index contributed by atoms with van der Waals surface area (Å²) < 4.78 is 19.1. The molecule has 38 heavy (non-hydrogen) atoms. The molecule has 6 aromatic rings. The van der Waals surface area contributed by atoms with E-state index < -0.39 is 5.91 Å². The van der Waals surface area contributed by atoms with Gasteiger partial charge in [0.15, 0.2) is 11.5 Å². The molecule has 0 aliphatic heterocycles. The van der Waals surface area contributed by atoms with E-state index in [0.717, 1.165) is 22.3 Å². The van der Waals surface area contributed by atoms with Gasteiger partial charge in [0.2, 0.25) is 0 Å². The first-order chi connectivity index (χ1) is 18.2. The van der Waals surface area contributed by atoms with Gasteiger partial charge < -0.3 is 14.9 Å². The third-order valence-corrected chi connectivity index (χ3v) is 6.52. The Morgan fingerprint density at radius 3 is 2.58 bits per heavy atom. The molecular formula is C27H23FN8O2. The van der Waals surface area contributed by atoms with Gasteiger partial charge in [0.05, 0.1) is 11.2 Å². The van der Waals surface area contributed by atoms with Gasteiger partial charge >= 0.3 is 0 Å². The minimum absolute atomic E-state index is 0.199. The molecule has 0 atom stereocenters. The molecule has 190 valence electrons. The Balaban J connectivity index is 1.61. The van der Waals surface area contributed by atoms with Crippen molar-refractivity contribution in [1.82, 2.24) is 33.9 Å². The van der Waals surface area contributed by atoms with Gasteiger partial charge in [-0.05, 0) is 55.3 Å². The lowest BCUT2D eigenvalue weighted by Crippen LogP contribution is -2.17. The van der Waals surface area contributed by atoms with E-state index in [2.05, 4.69) is 20.4 Å². The molecule has 0 bridgehead atoms. The van der Waals surface area contributed by atoms with Gasteiger partial charge in [-0.25, -0.2) is 14.4 Å². The molecule has 11 heteroatoms. The van der Waals surface area contributed by atoms with E-state index in [0.29, 0.717) is 28.2 Å². The molecule has 0 aliphatic rings. The summed E-state index contributed by atoms with van der Waals surface area (Å²) in [6.07, 6.45) is 5.05. The molecule has 5 heterocycles. The first kappa shape index (κ1) is 23.3. The van der Waals surface area contributed by atoms with Crippen LogP contribution in [0.5, 0.6) is 0 Å². The van der Waals surface area contributed by atoms with Crippen LogP contribution >= 0.6 is 0 Å². The number of halogens is 1. The predicted octanol–water partition coefficient (Wildman–Crippen LogP) is 4.01. The van der Waals surface area contributed by atoms with E-state index >= 15 is 0 Å². The Hall–Kier alpha value is -5.06. The number of nitrogens with one attached hydrogen (secondary N) is 2. The van der Waals surface area contributed by atoms with Crippen LogP contribution in [0.2, 0.25) is 0 Å². The van der Waals surface area contributed by atoms with Gasteiger partial charge in [0, 0.05) is 49.7 Å². The minimum atomic E-state index is -0.437. The van der Waals surface area contributed by atoms with Crippen molar-refractivity contribution < 1.29 is 9.18 Å². The smallest absolute Gasteiger partial charge is 0.274 e. The maximum absolute atomic E-state index is 14.2. The first-order valence-electron chi connectivity index (χ1n) is 11.9. The highest BCUT2D eigenvalue weighted by atomic mass is 19.1. The molecule has 1 aromatic carbocycles. The highest BCUT2D eigenvalue weighted by molar-refractivity contribution is 6.07. The van der Waals surface area contributed by atoms with E-state index in [4.69, 9.17) is 4.98 Å². The average Bonchev–Trinajstić information content (AvgIpc) is 3.58. The maximum atomic E-state index is 14.2. The summed E-state index contributed by atoms with van der Waals surface area (Å²) in [5.74, 6) is 0.132.